The first-order chi connectivity index (χ1) is 6.50. The maximum Gasteiger partial charge on any atom is 0.0733 e. The molecule has 2 heteroatoms. The monoisotopic (exact) mass is 199 g/mol. The number of hydrogen-bond donors (Lipinski definition) is 1. The molecule has 2 nitrogen and oxygen atoms in total. The summed E-state index contributed by atoms with van der Waals surface area (Å²) < 4.78 is 5.91. The molecule has 1 saturated heterocycles. The Hall–Kier alpha value is -0.0800. The van der Waals surface area contributed by atoms with E-state index < -0.39 is 0 Å². The summed E-state index contributed by atoms with van der Waals surface area (Å²) >= 11 is 0. The second kappa shape index (κ2) is 5.13. The highest BCUT2D eigenvalue weighted by Gasteiger charge is 2.31. The van der Waals surface area contributed by atoms with Crippen LogP contribution in [0.2, 0.25) is 0 Å². The van der Waals surface area contributed by atoms with E-state index in [-0.39, 0.29) is 0 Å². The molecule has 1 aliphatic rings. The first kappa shape index (κ1) is 12.0. The molecule has 3 atom stereocenters. The molecule has 14 heavy (non-hydrogen) atoms. The molecule has 1 N–H and O–H groups in total. The van der Waals surface area contributed by atoms with Crippen molar-refractivity contribution >= 4 is 0 Å². The van der Waals surface area contributed by atoms with Crippen LogP contribution in [-0.4, -0.2) is 24.8 Å². The molecule has 1 aliphatic heterocycles. The van der Waals surface area contributed by atoms with E-state index in [2.05, 4.69) is 39.9 Å². The van der Waals surface area contributed by atoms with Gasteiger partial charge in [0.05, 0.1) is 12.7 Å². The second-order valence-corrected chi connectivity index (χ2v) is 5.34. The molecule has 0 saturated carbocycles. The average Bonchev–Trinajstić information content (AvgIpc) is 2.07. The topological polar surface area (TPSA) is 21.3 Å². The molecule has 3 unspecified atom stereocenters. The number of ether oxygens (including phenoxy) is 1. The Balaban J connectivity index is 2.53. The van der Waals surface area contributed by atoms with Gasteiger partial charge in [0.15, 0.2) is 0 Å². The predicted molar refractivity (Wildman–Crippen MR) is 60.4 cm³/mol. The summed E-state index contributed by atoms with van der Waals surface area (Å²) in [5.41, 5.74) is 0. The Morgan fingerprint density at radius 2 is 1.93 bits per heavy atom. The molecule has 1 fully saturated rings. The molecular formula is C12H25NO. The largest absolute Gasteiger partial charge is 0.375 e. The Morgan fingerprint density at radius 1 is 1.29 bits per heavy atom. The minimum Gasteiger partial charge on any atom is -0.375 e. The third-order valence-electron chi connectivity index (χ3n) is 2.86. The minimum absolute atomic E-state index is 0.409. The summed E-state index contributed by atoms with van der Waals surface area (Å²) in [4.78, 5) is 0. The number of rotatable bonds is 3. The van der Waals surface area contributed by atoms with E-state index in [0.29, 0.717) is 24.1 Å². The van der Waals surface area contributed by atoms with E-state index in [9.17, 15) is 0 Å². The molecule has 1 heterocycles. The Kier molecular flexibility index (Phi) is 4.39. The van der Waals surface area contributed by atoms with Crippen molar-refractivity contribution in [2.75, 3.05) is 6.61 Å². The van der Waals surface area contributed by atoms with Gasteiger partial charge in [0, 0.05) is 12.1 Å². The number of nitrogens with one attached hydrogen (secondary N) is 1. The van der Waals surface area contributed by atoms with Crippen LogP contribution in [0, 0.1) is 11.8 Å². The van der Waals surface area contributed by atoms with Gasteiger partial charge >= 0.3 is 0 Å². The zero-order valence-corrected chi connectivity index (χ0v) is 10.2. The van der Waals surface area contributed by atoms with Gasteiger partial charge in [-0.3, -0.25) is 0 Å². The first-order valence-electron chi connectivity index (χ1n) is 5.88. The standard InChI is InChI=1S/C12H25NO/c1-8(2)6-11-12(9(3)4)13-10(5)7-14-11/h8-13H,6-7H2,1-5H3. The maximum absolute atomic E-state index is 5.91. The van der Waals surface area contributed by atoms with E-state index >= 15 is 0 Å². The van der Waals surface area contributed by atoms with Gasteiger partial charge in [-0.2, -0.15) is 0 Å². The van der Waals surface area contributed by atoms with Gasteiger partial charge in [0.1, 0.15) is 0 Å². The molecule has 0 amide bonds. The van der Waals surface area contributed by atoms with Crippen LogP contribution in [-0.2, 0) is 4.74 Å². The molecule has 84 valence electrons. The normalized spacial score (nSPS) is 34.1. The van der Waals surface area contributed by atoms with Crippen LogP contribution in [0.15, 0.2) is 0 Å². The van der Waals surface area contributed by atoms with Crippen LogP contribution in [0.3, 0.4) is 0 Å². The van der Waals surface area contributed by atoms with Crippen molar-refractivity contribution in [2.24, 2.45) is 11.8 Å². The van der Waals surface area contributed by atoms with E-state index in [1.54, 1.807) is 0 Å². The average molecular weight is 199 g/mol. The zero-order chi connectivity index (χ0) is 10.7. The van der Waals surface area contributed by atoms with E-state index in [4.69, 9.17) is 4.74 Å². The van der Waals surface area contributed by atoms with Gasteiger partial charge in [-0.05, 0) is 25.2 Å². The molecule has 0 aliphatic carbocycles. The fraction of sp³-hybridized carbons (Fsp3) is 1.00. The zero-order valence-electron chi connectivity index (χ0n) is 10.2. The van der Waals surface area contributed by atoms with Crippen molar-refractivity contribution in [3.63, 3.8) is 0 Å². The highest BCUT2D eigenvalue weighted by atomic mass is 16.5. The van der Waals surface area contributed by atoms with E-state index in [1.807, 2.05) is 0 Å². The van der Waals surface area contributed by atoms with Crippen LogP contribution in [0.25, 0.3) is 0 Å². The van der Waals surface area contributed by atoms with Gasteiger partial charge < -0.3 is 10.1 Å². The van der Waals surface area contributed by atoms with Gasteiger partial charge in [0.25, 0.3) is 0 Å². The van der Waals surface area contributed by atoms with Gasteiger partial charge in [-0.15, -0.1) is 0 Å². The smallest absolute Gasteiger partial charge is 0.0733 e. The lowest BCUT2D eigenvalue weighted by Crippen LogP contribution is -2.55. The Morgan fingerprint density at radius 3 is 2.43 bits per heavy atom. The third-order valence-corrected chi connectivity index (χ3v) is 2.86. The molecule has 1 rings (SSSR count). The van der Waals surface area contributed by atoms with Crippen molar-refractivity contribution in [1.29, 1.82) is 0 Å². The predicted octanol–water partition coefficient (Wildman–Crippen LogP) is 2.43. The molecule has 0 spiro atoms. The van der Waals surface area contributed by atoms with Crippen molar-refractivity contribution in [3.8, 4) is 0 Å². The summed E-state index contributed by atoms with van der Waals surface area (Å²) in [6, 6.07) is 1.03. The Bertz CT molecular complexity index is 168. The summed E-state index contributed by atoms with van der Waals surface area (Å²) in [6.07, 6.45) is 1.58. The van der Waals surface area contributed by atoms with Crippen molar-refractivity contribution < 1.29 is 4.74 Å². The molecule has 0 bridgehead atoms. The van der Waals surface area contributed by atoms with Crippen molar-refractivity contribution in [3.05, 3.63) is 0 Å². The highest BCUT2D eigenvalue weighted by molar-refractivity contribution is 4.86. The van der Waals surface area contributed by atoms with Gasteiger partial charge in [-0.25, -0.2) is 0 Å². The fourth-order valence-corrected chi connectivity index (χ4v) is 2.16. The van der Waals surface area contributed by atoms with Crippen LogP contribution >= 0.6 is 0 Å². The van der Waals surface area contributed by atoms with Crippen LogP contribution in [0.4, 0.5) is 0 Å². The quantitative estimate of drug-likeness (QED) is 0.754. The molecule has 0 aromatic carbocycles. The fourth-order valence-electron chi connectivity index (χ4n) is 2.16. The van der Waals surface area contributed by atoms with Crippen LogP contribution < -0.4 is 5.32 Å². The first-order valence-corrected chi connectivity index (χ1v) is 5.88. The van der Waals surface area contributed by atoms with Gasteiger partial charge in [0.2, 0.25) is 0 Å². The Labute approximate surface area is 88.4 Å². The molecule has 0 aromatic rings. The van der Waals surface area contributed by atoms with Crippen molar-refractivity contribution in [1.82, 2.24) is 5.32 Å². The van der Waals surface area contributed by atoms with Crippen molar-refractivity contribution in [2.45, 2.75) is 59.2 Å². The summed E-state index contributed by atoms with van der Waals surface area (Å²) in [6.45, 7) is 12.1. The van der Waals surface area contributed by atoms with Crippen LogP contribution in [0.5, 0.6) is 0 Å². The molecular weight excluding hydrogens is 174 g/mol. The van der Waals surface area contributed by atoms with E-state index in [0.717, 1.165) is 12.5 Å². The maximum atomic E-state index is 5.91. The number of morpholine rings is 1. The van der Waals surface area contributed by atoms with Crippen LogP contribution in [0.1, 0.15) is 41.0 Å². The molecule has 0 aromatic heterocycles. The lowest BCUT2D eigenvalue weighted by molar-refractivity contribution is -0.0455. The lowest BCUT2D eigenvalue weighted by atomic mass is 9.90. The SMILES string of the molecule is CC(C)CC1OCC(C)NC1C(C)C. The summed E-state index contributed by atoms with van der Waals surface area (Å²) in [7, 11) is 0. The lowest BCUT2D eigenvalue weighted by Gasteiger charge is -2.39. The second-order valence-electron chi connectivity index (χ2n) is 5.34. The van der Waals surface area contributed by atoms with Gasteiger partial charge in [-0.1, -0.05) is 27.7 Å². The molecule has 0 radical (unpaired) electrons. The highest BCUT2D eigenvalue weighted by Crippen LogP contribution is 2.21. The number of hydrogen-bond acceptors (Lipinski definition) is 2. The minimum atomic E-state index is 0.409. The summed E-state index contributed by atoms with van der Waals surface area (Å²) in [5, 5.41) is 3.65. The summed E-state index contributed by atoms with van der Waals surface area (Å²) in [5.74, 6) is 1.37. The third kappa shape index (κ3) is 3.25. The van der Waals surface area contributed by atoms with E-state index in [1.165, 1.54) is 6.42 Å².